The minimum Gasteiger partial charge on any atom is -0.380 e. The highest BCUT2D eigenvalue weighted by Gasteiger charge is 2.15. The van der Waals surface area contributed by atoms with Gasteiger partial charge in [-0.15, -0.1) is 0 Å². The van der Waals surface area contributed by atoms with Crippen LogP contribution in [0.15, 0.2) is 22.7 Å². The van der Waals surface area contributed by atoms with Gasteiger partial charge in [-0.1, -0.05) is 28.1 Å². The van der Waals surface area contributed by atoms with Crippen LogP contribution in [0, 0.1) is 0 Å². The predicted molar refractivity (Wildman–Crippen MR) is 69.7 cm³/mol. The lowest BCUT2D eigenvalue weighted by Crippen LogP contribution is -2.26. The largest absolute Gasteiger partial charge is 0.380 e. The Morgan fingerprint density at radius 3 is 2.75 bits per heavy atom. The molecule has 1 fully saturated rings. The lowest BCUT2D eigenvalue weighted by atomic mass is 9.90. The molecule has 0 unspecified atom stereocenters. The lowest BCUT2D eigenvalue weighted by molar-refractivity contribution is 0.184. The molecule has 0 radical (unpaired) electrons. The molecule has 1 heterocycles. The number of hydrogen-bond donors (Lipinski definition) is 1. The molecule has 3 heteroatoms. The zero-order chi connectivity index (χ0) is 11.4. The molecule has 1 aromatic carbocycles. The van der Waals surface area contributed by atoms with Gasteiger partial charge in [0, 0.05) is 11.6 Å². The first-order chi connectivity index (χ1) is 7.81. The van der Waals surface area contributed by atoms with Crippen LogP contribution in [-0.2, 0) is 11.3 Å². The third kappa shape index (κ3) is 2.84. The summed E-state index contributed by atoms with van der Waals surface area (Å²) in [5.41, 5.74) is 2.67. The van der Waals surface area contributed by atoms with E-state index in [1.54, 1.807) is 7.11 Å². The highest BCUT2D eigenvalue weighted by molar-refractivity contribution is 9.10. The summed E-state index contributed by atoms with van der Waals surface area (Å²) in [5.74, 6) is 0.717. The fourth-order valence-electron chi connectivity index (χ4n) is 2.25. The Hall–Kier alpha value is -0.380. The van der Waals surface area contributed by atoms with Gasteiger partial charge in [0.1, 0.15) is 0 Å². The number of methoxy groups -OCH3 is 1. The van der Waals surface area contributed by atoms with Crippen molar-refractivity contribution in [2.75, 3.05) is 20.2 Å². The first kappa shape index (κ1) is 12.1. The standard InChI is InChI=1S/C13H18BrNO/c1-16-9-12-3-2-11(8-13(12)14)10-4-6-15-7-5-10/h2-3,8,10,15H,4-7,9H2,1H3. The average molecular weight is 284 g/mol. The summed E-state index contributed by atoms with van der Waals surface area (Å²) < 4.78 is 6.33. The quantitative estimate of drug-likeness (QED) is 0.921. The number of hydrogen-bond acceptors (Lipinski definition) is 2. The van der Waals surface area contributed by atoms with Crippen molar-refractivity contribution in [3.63, 3.8) is 0 Å². The van der Waals surface area contributed by atoms with E-state index in [4.69, 9.17) is 4.74 Å². The molecule has 1 saturated heterocycles. The molecule has 0 saturated carbocycles. The van der Waals surface area contributed by atoms with Crippen LogP contribution in [0.5, 0.6) is 0 Å². The first-order valence-corrected chi connectivity index (χ1v) is 6.58. The second-order valence-electron chi connectivity index (χ2n) is 4.31. The summed E-state index contributed by atoms with van der Waals surface area (Å²) in [5, 5.41) is 3.40. The van der Waals surface area contributed by atoms with Crippen LogP contribution in [0.1, 0.15) is 29.9 Å². The highest BCUT2D eigenvalue weighted by atomic mass is 79.9. The van der Waals surface area contributed by atoms with Gasteiger partial charge in [0.05, 0.1) is 6.61 Å². The predicted octanol–water partition coefficient (Wildman–Crippen LogP) is 3.06. The number of nitrogens with one attached hydrogen (secondary N) is 1. The van der Waals surface area contributed by atoms with E-state index in [0.717, 1.165) is 13.1 Å². The Morgan fingerprint density at radius 1 is 1.38 bits per heavy atom. The van der Waals surface area contributed by atoms with Crippen LogP contribution < -0.4 is 5.32 Å². The molecule has 16 heavy (non-hydrogen) atoms. The van der Waals surface area contributed by atoms with Crippen molar-refractivity contribution in [2.45, 2.75) is 25.4 Å². The number of piperidine rings is 1. The maximum atomic E-state index is 5.15. The van der Waals surface area contributed by atoms with E-state index in [1.807, 2.05) is 0 Å². The van der Waals surface area contributed by atoms with Gasteiger partial charge in [0.2, 0.25) is 0 Å². The van der Waals surface area contributed by atoms with Crippen molar-refractivity contribution in [1.82, 2.24) is 5.32 Å². The minimum absolute atomic E-state index is 0.674. The summed E-state index contributed by atoms with van der Waals surface area (Å²) >= 11 is 3.62. The maximum Gasteiger partial charge on any atom is 0.0724 e. The van der Waals surface area contributed by atoms with Crippen molar-refractivity contribution in [1.29, 1.82) is 0 Å². The molecule has 88 valence electrons. The highest BCUT2D eigenvalue weighted by Crippen LogP contribution is 2.29. The van der Waals surface area contributed by atoms with Crippen molar-refractivity contribution >= 4 is 15.9 Å². The molecule has 1 aromatic rings. The molecule has 0 aliphatic carbocycles. The van der Waals surface area contributed by atoms with Gasteiger partial charge in [0.25, 0.3) is 0 Å². The topological polar surface area (TPSA) is 21.3 Å². The van der Waals surface area contributed by atoms with Gasteiger partial charge in [-0.2, -0.15) is 0 Å². The Bertz CT molecular complexity index is 348. The van der Waals surface area contributed by atoms with Crippen LogP contribution in [-0.4, -0.2) is 20.2 Å². The SMILES string of the molecule is COCc1ccc(C2CCNCC2)cc1Br. The smallest absolute Gasteiger partial charge is 0.0724 e. The van der Waals surface area contributed by atoms with Crippen molar-refractivity contribution in [3.05, 3.63) is 33.8 Å². The van der Waals surface area contributed by atoms with Crippen LogP contribution in [0.25, 0.3) is 0 Å². The maximum absolute atomic E-state index is 5.15. The summed E-state index contributed by atoms with van der Waals surface area (Å²) in [7, 11) is 1.73. The Labute approximate surface area is 106 Å². The normalized spacial score (nSPS) is 17.6. The molecule has 0 spiro atoms. The Morgan fingerprint density at radius 2 is 2.12 bits per heavy atom. The molecule has 0 amide bonds. The van der Waals surface area contributed by atoms with E-state index >= 15 is 0 Å². The molecule has 0 atom stereocenters. The molecule has 1 aliphatic rings. The molecule has 2 nitrogen and oxygen atoms in total. The second kappa shape index (κ2) is 5.80. The third-order valence-corrected chi connectivity index (χ3v) is 3.93. The van der Waals surface area contributed by atoms with Gasteiger partial charge in [-0.05, 0) is 49.0 Å². The molecule has 0 aromatic heterocycles. The van der Waals surface area contributed by atoms with Gasteiger partial charge >= 0.3 is 0 Å². The molecular weight excluding hydrogens is 266 g/mol. The van der Waals surface area contributed by atoms with Crippen LogP contribution in [0.3, 0.4) is 0 Å². The van der Waals surface area contributed by atoms with Crippen molar-refractivity contribution < 1.29 is 4.74 Å². The summed E-state index contributed by atoms with van der Waals surface area (Å²) in [6.45, 7) is 2.96. The number of rotatable bonds is 3. The van der Waals surface area contributed by atoms with E-state index in [9.17, 15) is 0 Å². The Kier molecular flexibility index (Phi) is 4.38. The monoisotopic (exact) mass is 283 g/mol. The molecular formula is C13H18BrNO. The van der Waals surface area contributed by atoms with Gasteiger partial charge in [-0.3, -0.25) is 0 Å². The van der Waals surface area contributed by atoms with Gasteiger partial charge in [-0.25, -0.2) is 0 Å². The molecule has 0 bridgehead atoms. The lowest BCUT2D eigenvalue weighted by Gasteiger charge is -2.23. The Balaban J connectivity index is 2.13. The number of halogens is 1. The second-order valence-corrected chi connectivity index (χ2v) is 5.16. The summed E-state index contributed by atoms with van der Waals surface area (Å²) in [6, 6.07) is 6.67. The fraction of sp³-hybridized carbons (Fsp3) is 0.538. The zero-order valence-corrected chi connectivity index (χ0v) is 11.2. The van der Waals surface area contributed by atoms with Crippen LogP contribution in [0.2, 0.25) is 0 Å². The van der Waals surface area contributed by atoms with E-state index in [1.165, 1.54) is 28.4 Å². The minimum atomic E-state index is 0.674. The van der Waals surface area contributed by atoms with Crippen LogP contribution in [0.4, 0.5) is 0 Å². The molecule has 2 rings (SSSR count). The number of ether oxygens (including phenoxy) is 1. The summed E-state index contributed by atoms with van der Waals surface area (Å²) in [4.78, 5) is 0. The van der Waals surface area contributed by atoms with Gasteiger partial charge < -0.3 is 10.1 Å². The fourth-order valence-corrected chi connectivity index (χ4v) is 2.76. The van der Waals surface area contributed by atoms with E-state index < -0.39 is 0 Å². The zero-order valence-electron chi connectivity index (χ0n) is 9.63. The van der Waals surface area contributed by atoms with Gasteiger partial charge in [0.15, 0.2) is 0 Å². The van der Waals surface area contributed by atoms with Crippen molar-refractivity contribution in [2.24, 2.45) is 0 Å². The number of benzene rings is 1. The third-order valence-electron chi connectivity index (χ3n) is 3.19. The van der Waals surface area contributed by atoms with E-state index in [0.29, 0.717) is 12.5 Å². The first-order valence-electron chi connectivity index (χ1n) is 5.79. The van der Waals surface area contributed by atoms with E-state index in [2.05, 4.69) is 39.4 Å². The van der Waals surface area contributed by atoms with Crippen LogP contribution >= 0.6 is 15.9 Å². The molecule has 1 N–H and O–H groups in total. The van der Waals surface area contributed by atoms with Crippen molar-refractivity contribution in [3.8, 4) is 0 Å². The summed E-state index contributed by atoms with van der Waals surface area (Å²) in [6.07, 6.45) is 2.49. The molecule has 1 aliphatic heterocycles. The van der Waals surface area contributed by atoms with E-state index in [-0.39, 0.29) is 0 Å². The average Bonchev–Trinajstić information content (AvgIpc) is 2.33.